The van der Waals surface area contributed by atoms with Crippen LogP contribution in [0.5, 0.6) is 0 Å². The second-order valence-electron chi connectivity index (χ2n) is 6.61. The molecule has 0 aromatic heterocycles. The standard InChI is InChI=1S/5C3H8O4S2.Na.H4Si/c5*4-2-1-3-7-9(5,6)8;;/h5*4H,1-3H2,(H,5,6,8);;1H4/q;;;;;+1;/p-1. The fraction of sp³-hybridized carbons (Fsp3) is 1.00. The number of aliphatic hydroxyl groups is 5. The van der Waals surface area contributed by atoms with E-state index in [0.717, 1.165) is 0 Å². The van der Waals surface area contributed by atoms with Crippen LogP contribution in [0, 0.1) is 0 Å². The Morgan fingerprint density at radius 2 is 0.574 bits per heavy atom. The summed E-state index contributed by atoms with van der Waals surface area (Å²) in [6.45, 7) is -0.298. The van der Waals surface area contributed by atoms with Crippen LogP contribution in [0.2, 0.25) is 0 Å². The molecule has 0 aromatic carbocycles. The largest absolute Gasteiger partial charge is 1.00 e. The Hall–Kier alpha value is 2.47. The first-order chi connectivity index (χ1) is 20.3. The molecule has 20 nitrogen and oxygen atoms in total. The van der Waals surface area contributed by atoms with Gasteiger partial charge in [0.1, 0.15) is 0 Å². The van der Waals surface area contributed by atoms with Crippen molar-refractivity contribution in [1.29, 1.82) is 0 Å². The summed E-state index contributed by atoms with van der Waals surface area (Å²) in [7, 11) is -17.6. The number of hydrogen-bond donors (Lipinski definition) is 9. The molecule has 0 radical (unpaired) electrons. The summed E-state index contributed by atoms with van der Waals surface area (Å²) < 4.78 is 115. The molecule has 0 aliphatic heterocycles. The van der Waals surface area contributed by atoms with Crippen LogP contribution in [0.15, 0.2) is 0 Å². The molecule has 288 valence electrons. The minimum absolute atomic E-state index is 0. The monoisotopic (exact) mass is 914 g/mol. The van der Waals surface area contributed by atoms with Crippen molar-refractivity contribution in [2.24, 2.45) is 0 Å². The average Bonchev–Trinajstić information content (AvgIpc) is 2.83. The summed E-state index contributed by atoms with van der Waals surface area (Å²) in [4.78, 5) is 0. The van der Waals surface area contributed by atoms with E-state index in [4.69, 9.17) is 43.7 Å². The van der Waals surface area contributed by atoms with Crippen LogP contribution in [-0.2, 0) is 122 Å². The molecule has 0 heterocycles. The molecule has 32 heteroatoms. The van der Waals surface area contributed by atoms with Gasteiger partial charge in [-0.1, -0.05) is 0 Å². The van der Waals surface area contributed by atoms with Gasteiger partial charge in [-0.3, -0.25) is 39.1 Å². The molecule has 0 saturated heterocycles. The fourth-order valence-electron chi connectivity index (χ4n) is 1.14. The van der Waals surface area contributed by atoms with Gasteiger partial charge in [0.25, 0.3) is 36.2 Å². The molecule has 5 unspecified atom stereocenters. The fourth-order valence-corrected chi connectivity index (χ4v) is 3.80. The minimum atomic E-state index is -3.72. The van der Waals surface area contributed by atoms with E-state index in [2.05, 4.69) is 76.9 Å². The number of aliphatic hydroxyl groups excluding tert-OH is 5. The first-order valence-corrected chi connectivity index (χ1v) is 23.2. The van der Waals surface area contributed by atoms with Crippen molar-refractivity contribution in [1.82, 2.24) is 0 Å². The molecule has 47 heavy (non-hydrogen) atoms. The predicted molar refractivity (Wildman–Crippen MR) is 188 cm³/mol. The maximum absolute atomic E-state index is 10.1. The Labute approximate surface area is 326 Å². The van der Waals surface area contributed by atoms with Crippen LogP contribution in [0.4, 0.5) is 0 Å². The van der Waals surface area contributed by atoms with Gasteiger partial charge in [0.2, 0.25) is 0 Å². The topological polar surface area (TPSA) is 337 Å². The molecule has 0 bridgehead atoms. The molecule has 0 rings (SSSR count). The first kappa shape index (κ1) is 64.4. The Morgan fingerprint density at radius 3 is 0.681 bits per heavy atom. The molecule has 0 aliphatic carbocycles. The summed E-state index contributed by atoms with van der Waals surface area (Å²) in [5.74, 6) is 0. The normalized spacial score (nSPS) is 16.4. The summed E-state index contributed by atoms with van der Waals surface area (Å²) in [5, 5.41) is 40.9. The van der Waals surface area contributed by atoms with Crippen molar-refractivity contribution >= 4 is 112 Å². The molecule has 5 atom stereocenters. The van der Waals surface area contributed by atoms with Crippen molar-refractivity contribution < 1.29 is 120 Å². The van der Waals surface area contributed by atoms with E-state index < -0.39 is 45.3 Å². The molecule has 0 spiro atoms. The van der Waals surface area contributed by atoms with E-state index in [-0.39, 0.29) is 113 Å². The predicted octanol–water partition coefficient (Wildman–Crippen LogP) is -7.19. The van der Waals surface area contributed by atoms with E-state index in [9.17, 15) is 25.6 Å². The molecule has 0 amide bonds. The van der Waals surface area contributed by atoms with Gasteiger partial charge in [-0.15, -0.1) is 0 Å². The van der Waals surface area contributed by atoms with Crippen molar-refractivity contribution in [3.8, 4) is 0 Å². The second-order valence-corrected chi connectivity index (χ2v) is 18.3. The van der Waals surface area contributed by atoms with Gasteiger partial charge in [-0.25, -0.2) is 4.21 Å². The van der Waals surface area contributed by atoms with Gasteiger partial charge in [-0.2, -0.15) is 16.8 Å². The van der Waals surface area contributed by atoms with Crippen LogP contribution in [-0.4, -0.2) is 146 Å². The summed E-state index contributed by atoms with van der Waals surface area (Å²) in [6, 6.07) is 0. The van der Waals surface area contributed by atoms with E-state index >= 15 is 0 Å². The molecule has 0 aromatic rings. The Balaban J connectivity index is -0.0000000842. The summed E-state index contributed by atoms with van der Waals surface area (Å²) in [5.41, 5.74) is 0. The van der Waals surface area contributed by atoms with E-state index in [0.29, 0.717) is 25.7 Å². The van der Waals surface area contributed by atoms with Crippen LogP contribution >= 0.6 is 0 Å². The Bertz CT molecular complexity index is 980. The zero-order valence-electron chi connectivity index (χ0n) is 24.2. The van der Waals surface area contributed by atoms with Gasteiger partial charge < -0.3 is 30.1 Å². The van der Waals surface area contributed by atoms with Crippen molar-refractivity contribution in [2.45, 2.75) is 32.1 Å². The van der Waals surface area contributed by atoms with E-state index in [1.807, 2.05) is 0 Å². The van der Waals surface area contributed by atoms with Crippen molar-refractivity contribution in [3.05, 3.63) is 0 Å². The van der Waals surface area contributed by atoms with Gasteiger partial charge in [0, 0.05) is 77.8 Å². The maximum Gasteiger partial charge on any atom is 1.00 e. The Morgan fingerprint density at radius 1 is 0.426 bits per heavy atom. The number of hydrogen-bond acceptors (Lipinski definition) is 21. The quantitative estimate of drug-likeness (QED) is 0.0405. The second kappa shape index (κ2) is 39.7. The SMILES string of the molecule is O=S(O)(=S)OCCCO.O=S(O)(=S)OCCCO.O=S(O)(=S)OCCCO.O=S(O)(=S)OCCCO.O=S([O-])(=S)OCCCO.[Na+].[SiH4]. The summed E-state index contributed by atoms with van der Waals surface area (Å²) in [6.07, 6.45) is 1.60. The van der Waals surface area contributed by atoms with Gasteiger partial charge in [-0.05, 0) is 54.3 Å². The molecular weight excluding hydrogens is 872 g/mol. The van der Waals surface area contributed by atoms with E-state index in [1.165, 1.54) is 0 Å². The van der Waals surface area contributed by atoms with Gasteiger partial charge in [0.15, 0.2) is 0 Å². The smallest absolute Gasteiger partial charge is 0.748 e. The molecule has 9 N–H and O–H groups in total. The zero-order valence-corrected chi connectivity index (χ0v) is 34.4. The van der Waals surface area contributed by atoms with Crippen LogP contribution < -0.4 is 29.6 Å². The van der Waals surface area contributed by atoms with Crippen molar-refractivity contribution in [3.63, 3.8) is 0 Å². The van der Waals surface area contributed by atoms with Crippen LogP contribution in [0.25, 0.3) is 0 Å². The van der Waals surface area contributed by atoms with Crippen molar-refractivity contribution in [2.75, 3.05) is 66.1 Å². The molecular formula is C15H43NaO20S10Si. The minimum Gasteiger partial charge on any atom is -0.748 e. The molecule has 0 aliphatic rings. The number of rotatable bonds is 20. The average molecular weight is 915 g/mol. The van der Waals surface area contributed by atoms with E-state index in [1.54, 1.807) is 0 Å². The van der Waals surface area contributed by atoms with Gasteiger partial charge >= 0.3 is 29.6 Å². The Kier molecular flexibility index (Phi) is 54.4. The first-order valence-electron chi connectivity index (χ1n) is 11.4. The van der Waals surface area contributed by atoms with Crippen LogP contribution in [0.1, 0.15) is 32.1 Å². The van der Waals surface area contributed by atoms with Crippen LogP contribution in [0.3, 0.4) is 0 Å². The molecule has 0 saturated carbocycles. The maximum atomic E-state index is 10.1. The third kappa shape index (κ3) is 99.3. The van der Waals surface area contributed by atoms with Gasteiger partial charge in [0.05, 0.1) is 42.1 Å². The third-order valence-corrected chi connectivity index (χ3v) is 6.43. The summed E-state index contributed by atoms with van der Waals surface area (Å²) >= 11 is 19.8. The zero-order chi connectivity index (χ0) is 36.6. The third-order valence-electron chi connectivity index (χ3n) is 2.67. The molecule has 0 fully saturated rings.